The van der Waals surface area contributed by atoms with E-state index in [0.29, 0.717) is 11.6 Å². The Kier molecular flexibility index (Phi) is 5.16. The molecule has 0 aliphatic rings. The summed E-state index contributed by atoms with van der Waals surface area (Å²) >= 11 is 5.80. The average Bonchev–Trinajstić information content (AvgIpc) is 2.18. The van der Waals surface area contributed by atoms with E-state index in [-0.39, 0.29) is 0 Å². The number of rotatable bonds is 6. The van der Waals surface area contributed by atoms with Crippen LogP contribution >= 0.6 is 11.6 Å². The summed E-state index contributed by atoms with van der Waals surface area (Å²) in [4.78, 5) is 2.19. The molecule has 0 amide bonds. The van der Waals surface area contributed by atoms with Gasteiger partial charge >= 0.3 is 0 Å². The van der Waals surface area contributed by atoms with Crippen molar-refractivity contribution in [2.24, 2.45) is 0 Å². The molecule has 0 radical (unpaired) electrons. The van der Waals surface area contributed by atoms with E-state index < -0.39 is 0 Å². The maximum absolute atomic E-state index is 5.80. The maximum atomic E-state index is 5.80. The Balaban J connectivity index is 2.58. The van der Waals surface area contributed by atoms with Crippen molar-refractivity contribution in [2.45, 2.75) is 6.54 Å². The third-order valence-electron chi connectivity index (χ3n) is 2.03. The third kappa shape index (κ3) is 4.82. The van der Waals surface area contributed by atoms with Crippen molar-refractivity contribution < 1.29 is 0 Å². The summed E-state index contributed by atoms with van der Waals surface area (Å²) < 4.78 is 0. The topological polar surface area (TPSA) is 3.24 Å². The van der Waals surface area contributed by atoms with Crippen molar-refractivity contribution in [3.63, 3.8) is 0 Å². The first-order valence-electron chi connectivity index (χ1n) is 4.93. The average molecular weight is 222 g/mol. The molecule has 2 heteroatoms. The zero-order chi connectivity index (χ0) is 11.1. The minimum absolute atomic E-state index is 0.660. The van der Waals surface area contributed by atoms with Gasteiger partial charge in [-0.3, -0.25) is 4.90 Å². The van der Waals surface area contributed by atoms with Gasteiger partial charge in [0.25, 0.3) is 0 Å². The van der Waals surface area contributed by atoms with E-state index >= 15 is 0 Å². The van der Waals surface area contributed by atoms with Gasteiger partial charge < -0.3 is 0 Å². The molecule has 0 atom stereocenters. The molecule has 1 aromatic rings. The van der Waals surface area contributed by atoms with Crippen molar-refractivity contribution in [3.8, 4) is 0 Å². The van der Waals surface area contributed by atoms with E-state index in [1.807, 2.05) is 24.3 Å². The molecule has 0 spiro atoms. The molecule has 0 bridgehead atoms. The van der Waals surface area contributed by atoms with Crippen LogP contribution in [0.2, 0.25) is 0 Å². The summed E-state index contributed by atoms with van der Waals surface area (Å²) in [6, 6.07) is 10.3. The molecule has 0 fully saturated rings. The van der Waals surface area contributed by atoms with Crippen molar-refractivity contribution in [3.05, 3.63) is 60.2 Å². The number of benzene rings is 1. The molecule has 0 aliphatic heterocycles. The van der Waals surface area contributed by atoms with Crippen LogP contribution in [-0.4, -0.2) is 18.0 Å². The van der Waals surface area contributed by atoms with Crippen LogP contribution in [0.3, 0.4) is 0 Å². The smallest absolute Gasteiger partial charge is 0.0342 e. The van der Waals surface area contributed by atoms with Gasteiger partial charge in [0.2, 0.25) is 0 Å². The summed E-state index contributed by atoms with van der Waals surface area (Å²) in [5.74, 6) is 0. The number of halogens is 1. The quantitative estimate of drug-likeness (QED) is 0.666. The molecule has 0 aliphatic carbocycles. The van der Waals surface area contributed by atoms with Gasteiger partial charge in [0.05, 0.1) is 0 Å². The highest BCUT2D eigenvalue weighted by atomic mass is 35.5. The second kappa shape index (κ2) is 6.44. The van der Waals surface area contributed by atoms with E-state index in [1.54, 1.807) is 0 Å². The normalized spacial score (nSPS) is 10.3. The second-order valence-corrected chi connectivity index (χ2v) is 4.00. The van der Waals surface area contributed by atoms with E-state index in [0.717, 1.165) is 13.1 Å². The van der Waals surface area contributed by atoms with Crippen molar-refractivity contribution in [1.82, 2.24) is 4.90 Å². The first-order valence-corrected chi connectivity index (χ1v) is 5.30. The Hall–Kier alpha value is -1.05. The first-order chi connectivity index (χ1) is 7.22. The van der Waals surface area contributed by atoms with Gasteiger partial charge in [0.15, 0.2) is 0 Å². The Morgan fingerprint density at radius 3 is 2.53 bits per heavy atom. The fourth-order valence-corrected chi connectivity index (χ4v) is 1.62. The molecule has 0 heterocycles. The summed E-state index contributed by atoms with van der Waals surface area (Å²) in [7, 11) is 0. The molecule has 80 valence electrons. The standard InChI is InChI=1S/C13H16ClN/c1-3-9-15(10-12(2)14)11-13-7-5-4-6-8-13/h3-8H,1-2,9-11H2. The third-order valence-corrected chi connectivity index (χ3v) is 2.15. The number of hydrogen-bond donors (Lipinski definition) is 0. The molecule has 0 saturated heterocycles. The van der Waals surface area contributed by atoms with Crippen molar-refractivity contribution >= 4 is 11.6 Å². The van der Waals surface area contributed by atoms with Crippen LogP contribution in [0.15, 0.2) is 54.6 Å². The summed E-state index contributed by atoms with van der Waals surface area (Å²) in [5.41, 5.74) is 1.28. The largest absolute Gasteiger partial charge is 0.290 e. The van der Waals surface area contributed by atoms with Gasteiger partial charge in [-0.05, 0) is 5.56 Å². The first kappa shape index (κ1) is 12.0. The molecule has 0 aromatic heterocycles. The van der Waals surface area contributed by atoms with Gasteiger partial charge in [-0.1, -0.05) is 54.6 Å². The minimum atomic E-state index is 0.660. The maximum Gasteiger partial charge on any atom is 0.0342 e. The predicted molar refractivity (Wildman–Crippen MR) is 66.9 cm³/mol. The lowest BCUT2D eigenvalue weighted by Crippen LogP contribution is -2.24. The van der Waals surface area contributed by atoms with E-state index in [2.05, 4.69) is 30.2 Å². The van der Waals surface area contributed by atoms with Crippen LogP contribution in [-0.2, 0) is 6.54 Å². The minimum Gasteiger partial charge on any atom is -0.290 e. The van der Waals surface area contributed by atoms with Crippen molar-refractivity contribution in [1.29, 1.82) is 0 Å². The lowest BCUT2D eigenvalue weighted by atomic mass is 10.2. The number of nitrogens with zero attached hydrogens (tertiary/aromatic N) is 1. The molecule has 0 saturated carbocycles. The van der Waals surface area contributed by atoms with E-state index in [4.69, 9.17) is 11.6 Å². The second-order valence-electron chi connectivity index (χ2n) is 3.46. The molecule has 0 unspecified atom stereocenters. The zero-order valence-electron chi connectivity index (χ0n) is 8.82. The predicted octanol–water partition coefficient (Wildman–Crippen LogP) is 3.43. The van der Waals surface area contributed by atoms with Gasteiger partial charge in [0.1, 0.15) is 0 Å². The fraction of sp³-hybridized carbons (Fsp3) is 0.231. The van der Waals surface area contributed by atoms with Gasteiger partial charge in [-0.15, -0.1) is 6.58 Å². The van der Waals surface area contributed by atoms with E-state index in [9.17, 15) is 0 Å². The van der Waals surface area contributed by atoms with Gasteiger partial charge in [-0.25, -0.2) is 0 Å². The Labute approximate surface area is 96.7 Å². The highest BCUT2D eigenvalue weighted by Crippen LogP contribution is 2.08. The molecule has 1 aromatic carbocycles. The van der Waals surface area contributed by atoms with Crippen LogP contribution < -0.4 is 0 Å². The SMILES string of the molecule is C=CCN(CC(=C)Cl)Cc1ccccc1. The summed E-state index contributed by atoms with van der Waals surface area (Å²) in [6.07, 6.45) is 1.88. The highest BCUT2D eigenvalue weighted by Gasteiger charge is 2.04. The molecular weight excluding hydrogens is 206 g/mol. The Morgan fingerprint density at radius 1 is 1.33 bits per heavy atom. The number of hydrogen-bond acceptors (Lipinski definition) is 1. The Bertz CT molecular complexity index is 319. The lowest BCUT2D eigenvalue weighted by Gasteiger charge is -2.19. The molecular formula is C13H16ClN. The monoisotopic (exact) mass is 221 g/mol. The lowest BCUT2D eigenvalue weighted by molar-refractivity contribution is 0.325. The fourth-order valence-electron chi connectivity index (χ4n) is 1.45. The van der Waals surface area contributed by atoms with Gasteiger partial charge in [0, 0.05) is 24.7 Å². The molecule has 1 nitrogen and oxygen atoms in total. The van der Waals surface area contributed by atoms with E-state index in [1.165, 1.54) is 5.56 Å². The van der Waals surface area contributed by atoms with Crippen LogP contribution in [0.25, 0.3) is 0 Å². The van der Waals surface area contributed by atoms with Gasteiger partial charge in [-0.2, -0.15) is 0 Å². The van der Waals surface area contributed by atoms with Crippen LogP contribution in [0, 0.1) is 0 Å². The zero-order valence-corrected chi connectivity index (χ0v) is 9.58. The highest BCUT2D eigenvalue weighted by molar-refractivity contribution is 6.29. The molecule has 1 rings (SSSR count). The summed E-state index contributed by atoms with van der Waals surface area (Å²) in [5, 5.41) is 0.660. The van der Waals surface area contributed by atoms with Crippen molar-refractivity contribution in [2.75, 3.05) is 13.1 Å². The Morgan fingerprint density at radius 2 is 2.00 bits per heavy atom. The molecule has 15 heavy (non-hydrogen) atoms. The van der Waals surface area contributed by atoms with Crippen LogP contribution in [0.1, 0.15) is 5.56 Å². The molecule has 0 N–H and O–H groups in total. The summed E-state index contributed by atoms with van der Waals surface area (Å²) in [6.45, 7) is 9.83. The van der Waals surface area contributed by atoms with Crippen LogP contribution in [0.5, 0.6) is 0 Å². The van der Waals surface area contributed by atoms with Crippen LogP contribution in [0.4, 0.5) is 0 Å².